The highest BCUT2D eigenvalue weighted by molar-refractivity contribution is 7.99. The Kier molecular flexibility index (Phi) is 3.76. The Balaban J connectivity index is 2.17. The minimum absolute atomic E-state index is 0.0324. The molecule has 0 saturated carbocycles. The second-order valence-corrected chi connectivity index (χ2v) is 4.81. The van der Waals surface area contributed by atoms with Crippen molar-refractivity contribution >= 4 is 11.8 Å². The van der Waals surface area contributed by atoms with Crippen molar-refractivity contribution in [3.05, 3.63) is 54.0 Å². The molecule has 0 amide bonds. The van der Waals surface area contributed by atoms with Crippen LogP contribution in [0.5, 0.6) is 0 Å². The first-order valence-corrected chi connectivity index (χ1v) is 6.12. The molecule has 2 rings (SSSR count). The molecule has 1 aromatic heterocycles. The second-order valence-electron chi connectivity index (χ2n) is 3.75. The molecule has 0 saturated heterocycles. The zero-order valence-electron chi connectivity index (χ0n) is 9.43. The van der Waals surface area contributed by atoms with E-state index in [4.69, 9.17) is 5.73 Å². The highest BCUT2D eigenvalue weighted by Crippen LogP contribution is 2.28. The summed E-state index contributed by atoms with van der Waals surface area (Å²) >= 11 is 1.31. The minimum Gasteiger partial charge on any atom is -0.324 e. The molecule has 0 radical (unpaired) electrons. The first-order chi connectivity index (χ1) is 8.16. The van der Waals surface area contributed by atoms with E-state index in [1.807, 2.05) is 25.1 Å². The van der Waals surface area contributed by atoms with Crippen molar-refractivity contribution in [1.29, 1.82) is 0 Å². The molecule has 0 aliphatic rings. The van der Waals surface area contributed by atoms with Crippen molar-refractivity contribution in [1.82, 2.24) is 4.98 Å². The summed E-state index contributed by atoms with van der Waals surface area (Å²) in [6.45, 7) is 1.90. The lowest BCUT2D eigenvalue weighted by Crippen LogP contribution is -2.04. The smallest absolute Gasteiger partial charge is 0.137 e. The molecule has 4 heteroatoms. The molecule has 1 unspecified atom stereocenters. The molecular weight excluding hydrogens is 235 g/mol. The number of hydrogen-bond donors (Lipinski definition) is 1. The fourth-order valence-corrected chi connectivity index (χ4v) is 2.14. The summed E-state index contributed by atoms with van der Waals surface area (Å²) in [5.74, 6) is -0.226. The van der Waals surface area contributed by atoms with E-state index in [1.54, 1.807) is 18.3 Å². The number of hydrogen-bond acceptors (Lipinski definition) is 3. The number of pyridine rings is 1. The van der Waals surface area contributed by atoms with Crippen LogP contribution < -0.4 is 5.73 Å². The average molecular weight is 248 g/mol. The quantitative estimate of drug-likeness (QED) is 0.905. The van der Waals surface area contributed by atoms with Gasteiger partial charge in [-0.3, -0.25) is 0 Å². The van der Waals surface area contributed by atoms with Crippen molar-refractivity contribution in [2.45, 2.75) is 22.9 Å². The average Bonchev–Trinajstić information content (AvgIpc) is 2.33. The number of nitrogens with zero attached hydrogens (tertiary/aromatic N) is 1. The van der Waals surface area contributed by atoms with Gasteiger partial charge >= 0.3 is 0 Å². The molecule has 2 nitrogen and oxygen atoms in total. The maximum absolute atomic E-state index is 13.4. The molecule has 0 fully saturated rings. The highest BCUT2D eigenvalue weighted by atomic mass is 32.2. The third kappa shape index (κ3) is 3.05. The Bertz CT molecular complexity index is 497. The van der Waals surface area contributed by atoms with Gasteiger partial charge in [0, 0.05) is 17.1 Å². The van der Waals surface area contributed by atoms with E-state index >= 15 is 0 Å². The largest absolute Gasteiger partial charge is 0.324 e. The fraction of sp³-hybridized carbons (Fsp3) is 0.154. The van der Waals surface area contributed by atoms with Crippen molar-refractivity contribution in [3.8, 4) is 0 Å². The Hall–Kier alpha value is -1.39. The number of aromatic nitrogens is 1. The van der Waals surface area contributed by atoms with Gasteiger partial charge in [-0.1, -0.05) is 30.0 Å². The van der Waals surface area contributed by atoms with Crippen LogP contribution >= 0.6 is 11.8 Å². The molecule has 88 valence electrons. The van der Waals surface area contributed by atoms with Gasteiger partial charge < -0.3 is 5.73 Å². The van der Waals surface area contributed by atoms with Crippen molar-refractivity contribution in [2.24, 2.45) is 5.73 Å². The number of rotatable bonds is 3. The minimum atomic E-state index is -0.226. The zero-order valence-corrected chi connectivity index (χ0v) is 10.2. The van der Waals surface area contributed by atoms with Crippen molar-refractivity contribution in [2.75, 3.05) is 0 Å². The normalized spacial score (nSPS) is 12.4. The number of halogens is 1. The molecule has 2 aromatic rings. The van der Waals surface area contributed by atoms with Crippen LogP contribution in [0.3, 0.4) is 0 Å². The Morgan fingerprint density at radius 2 is 2.00 bits per heavy atom. The lowest BCUT2D eigenvalue weighted by atomic mass is 10.2. The first-order valence-electron chi connectivity index (χ1n) is 5.31. The summed E-state index contributed by atoms with van der Waals surface area (Å²) in [6, 6.07) is 10.4. The molecule has 2 N–H and O–H groups in total. The maximum atomic E-state index is 13.4. The van der Waals surface area contributed by atoms with E-state index < -0.39 is 0 Å². The Morgan fingerprint density at radius 1 is 1.24 bits per heavy atom. The Labute approximate surface area is 104 Å². The second kappa shape index (κ2) is 5.29. The highest BCUT2D eigenvalue weighted by Gasteiger charge is 2.05. The Morgan fingerprint density at radius 3 is 2.59 bits per heavy atom. The van der Waals surface area contributed by atoms with Crippen LogP contribution in [0.25, 0.3) is 0 Å². The van der Waals surface area contributed by atoms with Gasteiger partial charge in [-0.15, -0.1) is 0 Å². The van der Waals surface area contributed by atoms with E-state index in [9.17, 15) is 4.39 Å². The molecule has 0 bridgehead atoms. The van der Waals surface area contributed by atoms with Gasteiger partial charge in [-0.25, -0.2) is 9.37 Å². The van der Waals surface area contributed by atoms with Crippen LogP contribution in [0.15, 0.2) is 52.5 Å². The molecule has 0 aliphatic carbocycles. The van der Waals surface area contributed by atoms with Gasteiger partial charge in [0.05, 0.1) is 0 Å². The van der Waals surface area contributed by atoms with Gasteiger partial charge in [0.15, 0.2) is 0 Å². The van der Waals surface area contributed by atoms with Gasteiger partial charge in [0.2, 0.25) is 0 Å². The molecule has 1 heterocycles. The molecule has 1 aromatic carbocycles. The van der Waals surface area contributed by atoms with Gasteiger partial charge in [0.25, 0.3) is 0 Å². The van der Waals surface area contributed by atoms with Crippen LogP contribution in [-0.4, -0.2) is 4.98 Å². The standard InChI is InChI=1S/C13H13FN2S/c1-9(15)10-6-7-13(16-8-10)17-12-5-3-2-4-11(12)14/h2-9H,15H2,1H3. The van der Waals surface area contributed by atoms with E-state index in [1.165, 1.54) is 17.8 Å². The molecular formula is C13H13FN2S. The molecule has 17 heavy (non-hydrogen) atoms. The third-order valence-corrected chi connectivity index (χ3v) is 3.34. The predicted octanol–water partition coefficient (Wildman–Crippen LogP) is 3.39. The predicted molar refractivity (Wildman–Crippen MR) is 67.4 cm³/mol. The van der Waals surface area contributed by atoms with Crippen LogP contribution in [-0.2, 0) is 0 Å². The number of nitrogens with two attached hydrogens (primary N) is 1. The third-order valence-electron chi connectivity index (χ3n) is 2.34. The monoisotopic (exact) mass is 248 g/mol. The van der Waals surface area contributed by atoms with Crippen molar-refractivity contribution in [3.63, 3.8) is 0 Å². The maximum Gasteiger partial charge on any atom is 0.137 e. The van der Waals surface area contributed by atoms with Crippen LogP contribution in [0.1, 0.15) is 18.5 Å². The first kappa shape index (κ1) is 12.1. The fourth-order valence-electron chi connectivity index (χ4n) is 1.36. The van der Waals surface area contributed by atoms with E-state index in [2.05, 4.69) is 4.98 Å². The van der Waals surface area contributed by atoms with E-state index in [0.717, 1.165) is 10.6 Å². The van der Waals surface area contributed by atoms with Crippen molar-refractivity contribution < 1.29 is 4.39 Å². The van der Waals surface area contributed by atoms with E-state index in [0.29, 0.717) is 4.90 Å². The molecule has 0 aliphatic heterocycles. The molecule has 0 spiro atoms. The van der Waals surface area contributed by atoms with Gasteiger partial charge in [-0.05, 0) is 30.7 Å². The van der Waals surface area contributed by atoms with Crippen LogP contribution in [0, 0.1) is 5.82 Å². The van der Waals surface area contributed by atoms with Gasteiger partial charge in [0.1, 0.15) is 10.8 Å². The topological polar surface area (TPSA) is 38.9 Å². The summed E-state index contributed by atoms with van der Waals surface area (Å²) in [5, 5.41) is 0.763. The summed E-state index contributed by atoms with van der Waals surface area (Å²) in [5.41, 5.74) is 6.71. The van der Waals surface area contributed by atoms with Gasteiger partial charge in [-0.2, -0.15) is 0 Å². The van der Waals surface area contributed by atoms with E-state index in [-0.39, 0.29) is 11.9 Å². The number of benzene rings is 1. The van der Waals surface area contributed by atoms with Crippen LogP contribution in [0.4, 0.5) is 4.39 Å². The summed E-state index contributed by atoms with van der Waals surface area (Å²) < 4.78 is 13.4. The SMILES string of the molecule is CC(N)c1ccc(Sc2ccccc2F)nc1. The molecule has 1 atom stereocenters. The summed E-state index contributed by atoms with van der Waals surface area (Å²) in [7, 11) is 0. The van der Waals surface area contributed by atoms with Crippen LogP contribution in [0.2, 0.25) is 0 Å². The summed E-state index contributed by atoms with van der Waals surface area (Å²) in [6.07, 6.45) is 1.73. The lowest BCUT2D eigenvalue weighted by Gasteiger charge is -2.06. The summed E-state index contributed by atoms with van der Waals surface area (Å²) in [4.78, 5) is 4.83. The zero-order chi connectivity index (χ0) is 12.3. The lowest BCUT2D eigenvalue weighted by molar-refractivity contribution is 0.602.